The number of carbonyl (C=O) groups is 2. The van der Waals surface area contributed by atoms with Crippen LogP contribution in [0, 0.1) is 5.92 Å². The molecule has 4 rings (SSSR count). The molecule has 0 saturated carbocycles. The Bertz CT molecular complexity index is 1060. The second-order valence-corrected chi connectivity index (χ2v) is 7.80. The molecule has 11 nitrogen and oxygen atoms in total. The minimum absolute atomic E-state index is 0.0259. The highest BCUT2D eigenvalue weighted by molar-refractivity contribution is 6.08. The van der Waals surface area contributed by atoms with Gasteiger partial charge in [-0.1, -0.05) is 6.07 Å². The summed E-state index contributed by atoms with van der Waals surface area (Å²) in [6.45, 7) is 6.48. The molecule has 11 heteroatoms. The smallest absolute Gasteiger partial charge is 0.321 e. The molecule has 0 spiro atoms. The number of amides is 1. The lowest BCUT2D eigenvalue weighted by atomic mass is 9.91. The third-order valence-electron chi connectivity index (χ3n) is 5.67. The molecule has 2 aliphatic rings. The van der Waals surface area contributed by atoms with E-state index in [4.69, 9.17) is 14.5 Å². The number of guanidine groups is 1. The molecule has 180 valence electrons. The number of carbonyl (C=O) groups excluding carboxylic acids is 2. The summed E-state index contributed by atoms with van der Waals surface area (Å²) in [5, 5.41) is 12.9. The second-order valence-electron chi connectivity index (χ2n) is 7.80. The number of aliphatic imine (C=N–C) groups is 1. The molecule has 2 aromatic rings. The highest BCUT2D eigenvalue weighted by atomic mass is 16.5. The molecule has 1 aromatic carbocycles. The van der Waals surface area contributed by atoms with Crippen LogP contribution < -0.4 is 15.0 Å². The van der Waals surface area contributed by atoms with E-state index in [9.17, 15) is 14.7 Å². The third-order valence-corrected chi connectivity index (χ3v) is 5.67. The topological polar surface area (TPSA) is 129 Å². The summed E-state index contributed by atoms with van der Waals surface area (Å²) in [6, 6.07) is 5.67. The average molecular weight is 469 g/mol. The van der Waals surface area contributed by atoms with E-state index in [2.05, 4.69) is 20.2 Å². The van der Waals surface area contributed by atoms with Crippen molar-refractivity contribution in [1.82, 2.24) is 20.2 Å². The first kappa shape index (κ1) is 23.3. The number of hydrogen-bond acceptors (Lipinski definition) is 10. The first-order chi connectivity index (χ1) is 16.5. The van der Waals surface area contributed by atoms with Crippen molar-refractivity contribution in [3.05, 3.63) is 42.2 Å². The van der Waals surface area contributed by atoms with Crippen LogP contribution in [0.25, 0.3) is 0 Å². The molecule has 1 saturated heterocycles. The number of nitrogens with zero attached hydrogens (tertiary/aromatic N) is 5. The van der Waals surface area contributed by atoms with Crippen LogP contribution in [-0.4, -0.2) is 77.2 Å². The Kier molecular flexibility index (Phi) is 7.09. The molecule has 34 heavy (non-hydrogen) atoms. The van der Waals surface area contributed by atoms with E-state index in [1.165, 1.54) is 6.07 Å². The first-order valence-electron chi connectivity index (χ1n) is 11.3. The van der Waals surface area contributed by atoms with Crippen molar-refractivity contribution < 1.29 is 24.2 Å². The van der Waals surface area contributed by atoms with Gasteiger partial charge in [-0.2, -0.15) is 0 Å². The van der Waals surface area contributed by atoms with Crippen LogP contribution in [0.15, 0.2) is 41.7 Å². The minimum atomic E-state index is -1.15. The van der Waals surface area contributed by atoms with E-state index in [0.29, 0.717) is 50.3 Å². The first-order valence-corrected chi connectivity index (χ1v) is 11.3. The van der Waals surface area contributed by atoms with E-state index in [0.717, 1.165) is 0 Å². The molecule has 2 N–H and O–H groups in total. The standard InChI is InChI=1S/C23H28N6O5/c1-3-33-17-14-15(6-7-16(17)30)19-18(21(32)34-4-2)20(31)27-23(26-19)29-12-10-28(11-13-29)22-24-8-5-9-25-22/h5-9,14,18-19,30H,3-4,10-13H2,1-2H3,(H,26,27,31). The maximum Gasteiger partial charge on any atom is 0.321 e. The van der Waals surface area contributed by atoms with Gasteiger partial charge in [0.05, 0.1) is 13.2 Å². The van der Waals surface area contributed by atoms with Gasteiger partial charge in [0.1, 0.15) is 6.04 Å². The van der Waals surface area contributed by atoms with Gasteiger partial charge in [-0.15, -0.1) is 0 Å². The molecule has 0 radical (unpaired) electrons. The lowest BCUT2D eigenvalue weighted by molar-refractivity contribution is -0.153. The van der Waals surface area contributed by atoms with Crippen molar-refractivity contribution in [2.75, 3.05) is 44.3 Å². The quantitative estimate of drug-likeness (QED) is 0.473. The summed E-state index contributed by atoms with van der Waals surface area (Å²) in [7, 11) is 0. The molecule has 0 aliphatic carbocycles. The van der Waals surface area contributed by atoms with E-state index in [-0.39, 0.29) is 18.1 Å². The van der Waals surface area contributed by atoms with Gasteiger partial charge < -0.3 is 24.4 Å². The van der Waals surface area contributed by atoms with Gasteiger partial charge in [0, 0.05) is 38.6 Å². The second kappa shape index (κ2) is 10.4. The summed E-state index contributed by atoms with van der Waals surface area (Å²) >= 11 is 0. The van der Waals surface area contributed by atoms with Crippen LogP contribution in [0.3, 0.4) is 0 Å². The van der Waals surface area contributed by atoms with Gasteiger partial charge >= 0.3 is 5.97 Å². The normalized spacial score (nSPS) is 20.4. The largest absolute Gasteiger partial charge is 0.504 e. The molecule has 0 bridgehead atoms. The third kappa shape index (κ3) is 4.87. The van der Waals surface area contributed by atoms with Crippen LogP contribution in [0.2, 0.25) is 0 Å². The Morgan fingerprint density at radius 3 is 2.50 bits per heavy atom. The molecule has 3 heterocycles. The number of piperazine rings is 1. The zero-order valence-electron chi connectivity index (χ0n) is 19.2. The Morgan fingerprint density at radius 2 is 1.82 bits per heavy atom. The van der Waals surface area contributed by atoms with Gasteiger partial charge in [0.2, 0.25) is 17.8 Å². The number of hydrogen-bond donors (Lipinski definition) is 2. The summed E-state index contributed by atoms with van der Waals surface area (Å²) in [5.41, 5.74) is 0.572. The molecule has 2 unspecified atom stereocenters. The lowest BCUT2D eigenvalue weighted by Crippen LogP contribution is -2.57. The van der Waals surface area contributed by atoms with Crippen molar-refractivity contribution >= 4 is 23.8 Å². The van der Waals surface area contributed by atoms with Crippen LogP contribution in [-0.2, 0) is 14.3 Å². The van der Waals surface area contributed by atoms with Crippen molar-refractivity contribution in [1.29, 1.82) is 0 Å². The number of nitrogens with one attached hydrogen (secondary N) is 1. The summed E-state index contributed by atoms with van der Waals surface area (Å²) < 4.78 is 10.7. The van der Waals surface area contributed by atoms with Crippen molar-refractivity contribution in [2.24, 2.45) is 10.9 Å². The van der Waals surface area contributed by atoms with E-state index in [1.807, 2.05) is 4.90 Å². The Labute approximate surface area is 197 Å². The average Bonchev–Trinajstić information content (AvgIpc) is 2.86. The van der Waals surface area contributed by atoms with Gasteiger partial charge in [-0.3, -0.25) is 14.9 Å². The SMILES string of the molecule is CCOC(=O)C1C(=O)NC(N2CCN(c3ncccn3)CC2)=NC1c1ccc(O)c(OCC)c1. The number of aromatic nitrogens is 2. The van der Waals surface area contributed by atoms with Crippen LogP contribution in [0.4, 0.5) is 5.95 Å². The van der Waals surface area contributed by atoms with Crippen molar-refractivity contribution in [3.63, 3.8) is 0 Å². The van der Waals surface area contributed by atoms with Crippen LogP contribution in [0.1, 0.15) is 25.5 Å². The number of anilines is 1. The number of phenolic OH excluding ortho intramolecular Hbond substituents is 1. The van der Waals surface area contributed by atoms with E-state index < -0.39 is 23.8 Å². The minimum Gasteiger partial charge on any atom is -0.504 e. The van der Waals surface area contributed by atoms with Crippen molar-refractivity contribution in [3.8, 4) is 11.5 Å². The van der Waals surface area contributed by atoms with E-state index in [1.54, 1.807) is 44.4 Å². The summed E-state index contributed by atoms with van der Waals surface area (Å²) in [5.74, 6) is -0.983. The van der Waals surface area contributed by atoms with Gasteiger partial charge in [0.25, 0.3) is 0 Å². The molecular weight excluding hydrogens is 440 g/mol. The van der Waals surface area contributed by atoms with E-state index >= 15 is 0 Å². The number of esters is 1. The molecule has 2 aliphatic heterocycles. The number of rotatable bonds is 6. The molecule has 1 aromatic heterocycles. The highest BCUT2D eigenvalue weighted by Gasteiger charge is 2.42. The molecule has 1 fully saturated rings. The maximum atomic E-state index is 13.1. The number of ether oxygens (including phenoxy) is 2. The molecular formula is C23H28N6O5. The van der Waals surface area contributed by atoms with Crippen LogP contribution in [0.5, 0.6) is 11.5 Å². The number of aromatic hydroxyl groups is 1. The zero-order chi connectivity index (χ0) is 24.1. The Hall–Kier alpha value is -3.89. The summed E-state index contributed by atoms with van der Waals surface area (Å²) in [6.07, 6.45) is 3.41. The van der Waals surface area contributed by atoms with Gasteiger partial charge in [-0.05, 0) is 37.6 Å². The van der Waals surface area contributed by atoms with Gasteiger partial charge in [0.15, 0.2) is 17.4 Å². The van der Waals surface area contributed by atoms with Crippen LogP contribution >= 0.6 is 0 Å². The monoisotopic (exact) mass is 468 g/mol. The predicted molar refractivity (Wildman–Crippen MR) is 124 cm³/mol. The molecule has 1 amide bonds. The fraction of sp³-hybridized carbons (Fsp3) is 0.435. The fourth-order valence-electron chi connectivity index (χ4n) is 4.02. The zero-order valence-corrected chi connectivity index (χ0v) is 19.2. The van der Waals surface area contributed by atoms with Gasteiger partial charge in [-0.25, -0.2) is 15.0 Å². The fourth-order valence-corrected chi connectivity index (χ4v) is 4.02. The lowest BCUT2D eigenvalue weighted by Gasteiger charge is -2.38. The van der Waals surface area contributed by atoms with Crippen molar-refractivity contribution in [2.45, 2.75) is 19.9 Å². The Balaban J connectivity index is 1.61. The predicted octanol–water partition coefficient (Wildman–Crippen LogP) is 1.11. The Morgan fingerprint density at radius 1 is 1.12 bits per heavy atom. The number of phenols is 1. The maximum absolute atomic E-state index is 13.1. The number of benzene rings is 1. The summed E-state index contributed by atoms with van der Waals surface area (Å²) in [4.78, 5) is 43.1. The highest BCUT2D eigenvalue weighted by Crippen LogP contribution is 2.36. The molecule has 2 atom stereocenters.